The summed E-state index contributed by atoms with van der Waals surface area (Å²) in [5.41, 5.74) is 0.390. The molecule has 1 rings (SSSR count). The van der Waals surface area contributed by atoms with E-state index in [4.69, 9.17) is 0 Å². The minimum atomic E-state index is -0.0204. The summed E-state index contributed by atoms with van der Waals surface area (Å²) in [7, 11) is 0. The van der Waals surface area contributed by atoms with E-state index in [1.165, 1.54) is 12.8 Å². The zero-order chi connectivity index (χ0) is 8.48. The lowest BCUT2D eigenvalue weighted by molar-refractivity contribution is 0.0586. The molecule has 1 fully saturated rings. The van der Waals surface area contributed by atoms with Crippen molar-refractivity contribution in [3.63, 3.8) is 0 Å². The molecule has 2 atom stereocenters. The van der Waals surface area contributed by atoms with Gasteiger partial charge in [-0.05, 0) is 30.6 Å². The molecular formula is C10H20O. The monoisotopic (exact) mass is 156 g/mol. The molecule has 0 amide bonds. The van der Waals surface area contributed by atoms with E-state index in [0.29, 0.717) is 5.41 Å². The number of rotatable bonds is 0. The molecule has 0 spiro atoms. The van der Waals surface area contributed by atoms with Crippen LogP contribution in [0.2, 0.25) is 0 Å². The van der Waals surface area contributed by atoms with Gasteiger partial charge in [0.05, 0.1) is 6.10 Å². The van der Waals surface area contributed by atoms with Crippen LogP contribution in [0.1, 0.15) is 46.5 Å². The zero-order valence-electron chi connectivity index (χ0n) is 7.93. The van der Waals surface area contributed by atoms with Gasteiger partial charge in [-0.3, -0.25) is 0 Å². The summed E-state index contributed by atoms with van der Waals surface area (Å²) in [6.45, 7) is 6.82. The molecule has 0 bridgehead atoms. The van der Waals surface area contributed by atoms with E-state index in [0.717, 1.165) is 18.8 Å². The molecule has 66 valence electrons. The lowest BCUT2D eigenvalue weighted by Crippen LogP contribution is -2.29. The Labute approximate surface area is 69.8 Å². The number of hydrogen-bond acceptors (Lipinski definition) is 1. The third-order valence-corrected chi connectivity index (χ3v) is 2.87. The van der Waals surface area contributed by atoms with Crippen molar-refractivity contribution in [2.45, 2.75) is 52.6 Å². The standard InChI is InChI=1S/C10H20O/c1-10(2,3)8-5-4-6-9(11)7-8/h8-9,11H,4-7H2,1-3H3. The molecule has 1 aliphatic rings. The Bertz CT molecular complexity index is 123. The number of hydrogen-bond donors (Lipinski definition) is 1. The molecule has 2 unspecified atom stereocenters. The third kappa shape index (κ3) is 2.48. The molecule has 0 saturated heterocycles. The predicted octanol–water partition coefficient (Wildman–Crippen LogP) is 2.58. The van der Waals surface area contributed by atoms with Crippen LogP contribution in [0.15, 0.2) is 0 Å². The summed E-state index contributed by atoms with van der Waals surface area (Å²) in [6.07, 6.45) is 4.53. The first-order valence-electron chi connectivity index (χ1n) is 4.68. The van der Waals surface area contributed by atoms with Crippen molar-refractivity contribution in [3.8, 4) is 0 Å². The van der Waals surface area contributed by atoms with Gasteiger partial charge in [-0.25, -0.2) is 0 Å². The second-order valence-electron chi connectivity index (χ2n) is 4.88. The summed E-state index contributed by atoms with van der Waals surface area (Å²) >= 11 is 0. The Hall–Kier alpha value is -0.0400. The molecular weight excluding hydrogens is 136 g/mol. The molecule has 1 saturated carbocycles. The smallest absolute Gasteiger partial charge is 0.0543 e. The molecule has 1 aliphatic carbocycles. The fourth-order valence-corrected chi connectivity index (χ4v) is 1.95. The Morgan fingerprint density at radius 2 is 1.82 bits per heavy atom. The SMILES string of the molecule is CC(C)(C)C1CCCC(O)C1. The van der Waals surface area contributed by atoms with Crippen LogP contribution in [0.4, 0.5) is 0 Å². The molecule has 1 N–H and O–H groups in total. The molecule has 1 heteroatoms. The van der Waals surface area contributed by atoms with Gasteiger partial charge in [0.15, 0.2) is 0 Å². The van der Waals surface area contributed by atoms with Crippen molar-refractivity contribution in [2.75, 3.05) is 0 Å². The van der Waals surface area contributed by atoms with E-state index in [9.17, 15) is 5.11 Å². The maximum Gasteiger partial charge on any atom is 0.0543 e. The summed E-state index contributed by atoms with van der Waals surface area (Å²) in [5, 5.41) is 9.44. The van der Waals surface area contributed by atoms with Crippen LogP contribution in [0.5, 0.6) is 0 Å². The summed E-state index contributed by atoms with van der Waals surface area (Å²) in [6, 6.07) is 0. The topological polar surface area (TPSA) is 20.2 Å². The first kappa shape index (κ1) is 9.05. The van der Waals surface area contributed by atoms with Crippen LogP contribution in [-0.2, 0) is 0 Å². The Morgan fingerprint density at radius 3 is 2.18 bits per heavy atom. The molecule has 0 aromatic heterocycles. The van der Waals surface area contributed by atoms with Crippen molar-refractivity contribution in [1.29, 1.82) is 0 Å². The van der Waals surface area contributed by atoms with Crippen LogP contribution in [0, 0.1) is 11.3 Å². The molecule has 0 aromatic carbocycles. The van der Waals surface area contributed by atoms with Gasteiger partial charge >= 0.3 is 0 Å². The van der Waals surface area contributed by atoms with Gasteiger partial charge in [-0.1, -0.05) is 27.2 Å². The van der Waals surface area contributed by atoms with Gasteiger partial charge in [0, 0.05) is 0 Å². The average Bonchev–Trinajstić information content (AvgIpc) is 1.86. The van der Waals surface area contributed by atoms with E-state index in [1.807, 2.05) is 0 Å². The fraction of sp³-hybridized carbons (Fsp3) is 1.00. The van der Waals surface area contributed by atoms with Crippen molar-refractivity contribution in [1.82, 2.24) is 0 Å². The highest BCUT2D eigenvalue weighted by atomic mass is 16.3. The quantitative estimate of drug-likeness (QED) is 0.571. The Balaban J connectivity index is 2.46. The van der Waals surface area contributed by atoms with Gasteiger partial charge < -0.3 is 5.11 Å². The van der Waals surface area contributed by atoms with Crippen LogP contribution in [0.25, 0.3) is 0 Å². The van der Waals surface area contributed by atoms with Gasteiger partial charge in [-0.15, -0.1) is 0 Å². The van der Waals surface area contributed by atoms with E-state index < -0.39 is 0 Å². The second-order valence-corrected chi connectivity index (χ2v) is 4.88. The molecule has 0 radical (unpaired) electrons. The lowest BCUT2D eigenvalue weighted by Gasteiger charge is -2.35. The number of aliphatic hydroxyl groups excluding tert-OH is 1. The Kier molecular flexibility index (Phi) is 2.58. The highest BCUT2D eigenvalue weighted by molar-refractivity contribution is 4.80. The normalized spacial score (nSPS) is 33.8. The average molecular weight is 156 g/mol. The van der Waals surface area contributed by atoms with Crippen LogP contribution in [0.3, 0.4) is 0 Å². The lowest BCUT2D eigenvalue weighted by atomic mass is 9.72. The third-order valence-electron chi connectivity index (χ3n) is 2.87. The maximum absolute atomic E-state index is 9.44. The summed E-state index contributed by atoms with van der Waals surface area (Å²) in [5.74, 6) is 0.728. The molecule has 11 heavy (non-hydrogen) atoms. The van der Waals surface area contributed by atoms with E-state index in [-0.39, 0.29) is 6.10 Å². The first-order valence-corrected chi connectivity index (χ1v) is 4.68. The zero-order valence-corrected chi connectivity index (χ0v) is 7.93. The molecule has 0 heterocycles. The minimum Gasteiger partial charge on any atom is -0.393 e. The van der Waals surface area contributed by atoms with Crippen molar-refractivity contribution in [2.24, 2.45) is 11.3 Å². The second kappa shape index (κ2) is 3.14. The highest BCUT2D eigenvalue weighted by Crippen LogP contribution is 2.37. The van der Waals surface area contributed by atoms with Gasteiger partial charge in [0.1, 0.15) is 0 Å². The van der Waals surface area contributed by atoms with Gasteiger partial charge in [0.25, 0.3) is 0 Å². The molecule has 1 nitrogen and oxygen atoms in total. The largest absolute Gasteiger partial charge is 0.393 e. The van der Waals surface area contributed by atoms with E-state index in [2.05, 4.69) is 20.8 Å². The van der Waals surface area contributed by atoms with E-state index >= 15 is 0 Å². The van der Waals surface area contributed by atoms with E-state index in [1.54, 1.807) is 0 Å². The van der Waals surface area contributed by atoms with Crippen LogP contribution < -0.4 is 0 Å². The van der Waals surface area contributed by atoms with Gasteiger partial charge in [-0.2, -0.15) is 0 Å². The highest BCUT2D eigenvalue weighted by Gasteiger charge is 2.29. The van der Waals surface area contributed by atoms with Crippen molar-refractivity contribution in [3.05, 3.63) is 0 Å². The van der Waals surface area contributed by atoms with Crippen molar-refractivity contribution >= 4 is 0 Å². The summed E-state index contributed by atoms with van der Waals surface area (Å²) in [4.78, 5) is 0. The molecule has 0 aliphatic heterocycles. The first-order chi connectivity index (χ1) is 5.00. The number of aliphatic hydroxyl groups is 1. The maximum atomic E-state index is 9.44. The summed E-state index contributed by atoms with van der Waals surface area (Å²) < 4.78 is 0. The van der Waals surface area contributed by atoms with Crippen LogP contribution in [-0.4, -0.2) is 11.2 Å². The Morgan fingerprint density at radius 1 is 1.18 bits per heavy atom. The van der Waals surface area contributed by atoms with Crippen LogP contribution >= 0.6 is 0 Å². The predicted molar refractivity (Wildman–Crippen MR) is 47.4 cm³/mol. The molecule has 0 aromatic rings. The minimum absolute atomic E-state index is 0.0204. The van der Waals surface area contributed by atoms with Crippen molar-refractivity contribution < 1.29 is 5.11 Å². The van der Waals surface area contributed by atoms with Gasteiger partial charge in [0.2, 0.25) is 0 Å². The fourth-order valence-electron chi connectivity index (χ4n) is 1.95.